The van der Waals surface area contributed by atoms with Gasteiger partial charge in [-0.2, -0.15) is 0 Å². The van der Waals surface area contributed by atoms with Crippen LogP contribution in [-0.4, -0.2) is 42.8 Å². The number of nitrogens with two attached hydrogens (primary N) is 1. The van der Waals surface area contributed by atoms with E-state index >= 15 is 0 Å². The Morgan fingerprint density at radius 1 is 1.36 bits per heavy atom. The van der Waals surface area contributed by atoms with E-state index in [0.717, 1.165) is 12.8 Å². The Balaban J connectivity index is 2.41. The summed E-state index contributed by atoms with van der Waals surface area (Å²) in [6.07, 6.45) is 2.86. The predicted octanol–water partition coefficient (Wildman–Crippen LogP) is 1.22. The minimum atomic E-state index is 0.197. The van der Waals surface area contributed by atoms with Crippen molar-refractivity contribution in [3.63, 3.8) is 0 Å². The molecule has 1 aliphatic rings. The van der Waals surface area contributed by atoms with Gasteiger partial charge in [-0.05, 0) is 40.7 Å². The van der Waals surface area contributed by atoms with Crippen LogP contribution < -0.4 is 5.73 Å². The van der Waals surface area contributed by atoms with Gasteiger partial charge in [-0.15, -0.1) is 0 Å². The van der Waals surface area contributed by atoms with Crippen molar-refractivity contribution in [3.05, 3.63) is 0 Å². The minimum absolute atomic E-state index is 0.197. The van der Waals surface area contributed by atoms with Crippen LogP contribution in [0.5, 0.6) is 0 Å². The van der Waals surface area contributed by atoms with Crippen molar-refractivity contribution in [1.29, 1.82) is 0 Å². The summed E-state index contributed by atoms with van der Waals surface area (Å²) in [6, 6.07) is 1.24. The summed E-state index contributed by atoms with van der Waals surface area (Å²) in [5, 5.41) is 0. The molecule has 3 nitrogen and oxygen atoms in total. The van der Waals surface area contributed by atoms with Crippen LogP contribution in [0.15, 0.2) is 0 Å². The van der Waals surface area contributed by atoms with E-state index in [0.29, 0.717) is 24.7 Å². The summed E-state index contributed by atoms with van der Waals surface area (Å²) in [6.45, 7) is 7.20. The molecule has 2 N–H and O–H groups in total. The maximum atomic E-state index is 5.88. The molecule has 84 valence electrons. The Kier molecular flexibility index (Phi) is 4.35. The lowest BCUT2D eigenvalue weighted by atomic mass is 9.95. The molecule has 3 heteroatoms. The summed E-state index contributed by atoms with van der Waals surface area (Å²) in [4.78, 5) is 2.42. The molecular weight excluding hydrogens is 176 g/mol. The number of likely N-dealkylation sites (tertiary alicyclic amines) is 1. The van der Waals surface area contributed by atoms with Crippen molar-refractivity contribution in [2.24, 2.45) is 5.73 Å². The third-order valence-electron chi connectivity index (χ3n) is 3.36. The second-order valence-corrected chi connectivity index (χ2v) is 4.64. The van der Waals surface area contributed by atoms with Crippen molar-refractivity contribution >= 4 is 0 Å². The van der Waals surface area contributed by atoms with Gasteiger partial charge in [0.1, 0.15) is 0 Å². The molecule has 0 aromatic heterocycles. The van der Waals surface area contributed by atoms with E-state index in [9.17, 15) is 0 Å². The van der Waals surface area contributed by atoms with E-state index in [2.05, 4.69) is 25.8 Å². The highest BCUT2D eigenvalue weighted by Crippen LogP contribution is 2.24. The maximum Gasteiger partial charge on any atom is 0.0672 e. The van der Waals surface area contributed by atoms with Crippen molar-refractivity contribution in [2.75, 3.05) is 13.6 Å². The van der Waals surface area contributed by atoms with Gasteiger partial charge in [0.15, 0.2) is 0 Å². The van der Waals surface area contributed by atoms with E-state index in [1.54, 1.807) is 0 Å². The molecule has 0 spiro atoms. The van der Waals surface area contributed by atoms with Gasteiger partial charge in [-0.3, -0.25) is 0 Å². The molecule has 4 atom stereocenters. The monoisotopic (exact) mass is 200 g/mol. The van der Waals surface area contributed by atoms with E-state index in [-0.39, 0.29) is 6.10 Å². The topological polar surface area (TPSA) is 38.5 Å². The SMILES string of the molecule is CC(CN)OC1C[C@@H](C)N(C)[C@@H](C)C1. The smallest absolute Gasteiger partial charge is 0.0672 e. The highest BCUT2D eigenvalue weighted by molar-refractivity contribution is 4.83. The van der Waals surface area contributed by atoms with Crippen LogP contribution in [0, 0.1) is 0 Å². The predicted molar refractivity (Wildman–Crippen MR) is 59.3 cm³/mol. The fourth-order valence-corrected chi connectivity index (χ4v) is 2.12. The van der Waals surface area contributed by atoms with E-state index in [4.69, 9.17) is 10.5 Å². The third-order valence-corrected chi connectivity index (χ3v) is 3.36. The van der Waals surface area contributed by atoms with Gasteiger partial charge in [0.2, 0.25) is 0 Å². The van der Waals surface area contributed by atoms with E-state index in [1.165, 1.54) is 0 Å². The molecule has 0 aromatic rings. The van der Waals surface area contributed by atoms with Crippen LogP contribution in [0.2, 0.25) is 0 Å². The molecule has 0 aromatic carbocycles. The molecule has 1 aliphatic heterocycles. The molecule has 0 aliphatic carbocycles. The molecule has 1 saturated heterocycles. The first-order chi connectivity index (χ1) is 6.54. The van der Waals surface area contributed by atoms with Gasteiger partial charge in [-0.1, -0.05) is 0 Å². The number of nitrogens with zero attached hydrogens (tertiary/aromatic N) is 1. The number of rotatable bonds is 3. The first-order valence-electron chi connectivity index (χ1n) is 5.62. The lowest BCUT2D eigenvalue weighted by Crippen LogP contribution is -2.47. The van der Waals surface area contributed by atoms with Crippen molar-refractivity contribution in [2.45, 2.75) is 57.9 Å². The zero-order valence-electron chi connectivity index (χ0n) is 9.86. The quantitative estimate of drug-likeness (QED) is 0.744. The Bertz CT molecular complexity index is 160. The zero-order chi connectivity index (χ0) is 10.7. The zero-order valence-corrected chi connectivity index (χ0v) is 9.86. The first-order valence-corrected chi connectivity index (χ1v) is 5.62. The van der Waals surface area contributed by atoms with Gasteiger partial charge >= 0.3 is 0 Å². The molecular formula is C11H24N2O. The van der Waals surface area contributed by atoms with Crippen LogP contribution in [-0.2, 0) is 4.74 Å². The standard InChI is InChI=1S/C11H24N2O/c1-8-5-11(14-10(3)7-12)6-9(2)13(8)4/h8-11H,5-7,12H2,1-4H3/t8-,9+,10?,11?. The van der Waals surface area contributed by atoms with Crippen LogP contribution >= 0.6 is 0 Å². The molecule has 14 heavy (non-hydrogen) atoms. The number of hydrogen-bond acceptors (Lipinski definition) is 3. The minimum Gasteiger partial charge on any atom is -0.374 e. The Hall–Kier alpha value is -0.120. The summed E-state index contributed by atoms with van der Waals surface area (Å²) in [5.74, 6) is 0. The Labute approximate surface area is 87.6 Å². The van der Waals surface area contributed by atoms with Gasteiger partial charge in [0.05, 0.1) is 12.2 Å². The summed E-state index contributed by atoms with van der Waals surface area (Å²) in [5.41, 5.74) is 5.55. The van der Waals surface area contributed by atoms with Crippen molar-refractivity contribution < 1.29 is 4.74 Å². The highest BCUT2D eigenvalue weighted by atomic mass is 16.5. The van der Waals surface area contributed by atoms with Crippen LogP contribution in [0.1, 0.15) is 33.6 Å². The summed E-state index contributed by atoms with van der Waals surface area (Å²) < 4.78 is 5.88. The Morgan fingerprint density at radius 2 is 1.86 bits per heavy atom. The molecule has 0 radical (unpaired) electrons. The van der Waals surface area contributed by atoms with E-state index in [1.807, 2.05) is 6.92 Å². The lowest BCUT2D eigenvalue weighted by molar-refractivity contribution is -0.0551. The molecule has 2 unspecified atom stereocenters. The largest absolute Gasteiger partial charge is 0.374 e. The molecule has 0 bridgehead atoms. The molecule has 1 fully saturated rings. The lowest BCUT2D eigenvalue weighted by Gasteiger charge is -2.40. The first kappa shape index (κ1) is 12.0. The molecule has 0 saturated carbocycles. The number of piperidine rings is 1. The van der Waals surface area contributed by atoms with Crippen molar-refractivity contribution in [1.82, 2.24) is 4.90 Å². The summed E-state index contributed by atoms with van der Waals surface area (Å²) >= 11 is 0. The average molecular weight is 200 g/mol. The highest BCUT2D eigenvalue weighted by Gasteiger charge is 2.29. The average Bonchev–Trinajstić information content (AvgIpc) is 2.14. The number of ether oxygens (including phenoxy) is 1. The van der Waals surface area contributed by atoms with Crippen molar-refractivity contribution in [3.8, 4) is 0 Å². The van der Waals surface area contributed by atoms with Gasteiger partial charge in [-0.25, -0.2) is 0 Å². The fourth-order valence-electron chi connectivity index (χ4n) is 2.12. The number of hydrogen-bond donors (Lipinski definition) is 1. The maximum absolute atomic E-state index is 5.88. The second kappa shape index (κ2) is 5.10. The van der Waals surface area contributed by atoms with Crippen LogP contribution in [0.3, 0.4) is 0 Å². The Morgan fingerprint density at radius 3 is 2.29 bits per heavy atom. The normalized spacial score (nSPS) is 37.1. The molecule has 1 rings (SSSR count). The van der Waals surface area contributed by atoms with Gasteiger partial charge in [0, 0.05) is 18.6 Å². The second-order valence-electron chi connectivity index (χ2n) is 4.64. The van der Waals surface area contributed by atoms with Gasteiger partial charge in [0.25, 0.3) is 0 Å². The fraction of sp³-hybridized carbons (Fsp3) is 1.00. The van der Waals surface area contributed by atoms with Crippen LogP contribution in [0.25, 0.3) is 0 Å². The molecule has 1 heterocycles. The van der Waals surface area contributed by atoms with E-state index < -0.39 is 0 Å². The third kappa shape index (κ3) is 2.94. The summed E-state index contributed by atoms with van der Waals surface area (Å²) in [7, 11) is 2.19. The van der Waals surface area contributed by atoms with Gasteiger partial charge < -0.3 is 15.4 Å². The molecule has 0 amide bonds. The van der Waals surface area contributed by atoms with Crippen LogP contribution in [0.4, 0.5) is 0 Å².